The first kappa shape index (κ1) is 14.2. The number of halogens is 2. The summed E-state index contributed by atoms with van der Waals surface area (Å²) in [4.78, 5) is 19.0. The first-order valence-corrected chi connectivity index (χ1v) is 7.16. The van der Waals surface area contributed by atoms with Gasteiger partial charge in [0.2, 0.25) is 0 Å². The SMILES string of the molecule is CCCc1nc(-c2ccc(C)c(F)c2)[nH]c(=O)c1I. The average Bonchev–Trinajstić information content (AvgIpc) is 2.38. The van der Waals surface area contributed by atoms with Crippen LogP contribution in [0.4, 0.5) is 4.39 Å². The smallest absolute Gasteiger partial charge is 0.264 e. The van der Waals surface area contributed by atoms with E-state index in [2.05, 4.69) is 9.97 Å². The zero-order chi connectivity index (χ0) is 14.0. The summed E-state index contributed by atoms with van der Waals surface area (Å²) >= 11 is 2.00. The molecule has 1 heterocycles. The van der Waals surface area contributed by atoms with Gasteiger partial charge in [0.1, 0.15) is 11.6 Å². The Kier molecular flexibility index (Phi) is 4.34. The van der Waals surface area contributed by atoms with Crippen molar-refractivity contribution in [1.29, 1.82) is 0 Å². The number of nitrogens with zero attached hydrogens (tertiary/aromatic N) is 1. The summed E-state index contributed by atoms with van der Waals surface area (Å²) in [5.41, 5.74) is 1.76. The van der Waals surface area contributed by atoms with Gasteiger partial charge in [0.15, 0.2) is 0 Å². The molecule has 1 aromatic carbocycles. The standard InChI is InChI=1S/C14H14FIN2O/c1-3-4-11-12(16)14(19)18-13(17-11)9-6-5-8(2)10(15)7-9/h5-7H,3-4H2,1-2H3,(H,17,18,19). The highest BCUT2D eigenvalue weighted by molar-refractivity contribution is 14.1. The number of aromatic amines is 1. The summed E-state index contributed by atoms with van der Waals surface area (Å²) in [6.45, 7) is 3.73. The highest BCUT2D eigenvalue weighted by Crippen LogP contribution is 2.19. The van der Waals surface area contributed by atoms with E-state index in [1.807, 2.05) is 29.5 Å². The maximum atomic E-state index is 13.6. The summed E-state index contributed by atoms with van der Waals surface area (Å²) < 4.78 is 14.2. The molecular weight excluding hydrogens is 358 g/mol. The number of aromatic nitrogens is 2. The van der Waals surface area contributed by atoms with Crippen molar-refractivity contribution in [3.8, 4) is 11.4 Å². The van der Waals surface area contributed by atoms with Crippen LogP contribution in [0.3, 0.4) is 0 Å². The highest BCUT2D eigenvalue weighted by Gasteiger charge is 2.10. The van der Waals surface area contributed by atoms with E-state index in [9.17, 15) is 9.18 Å². The van der Waals surface area contributed by atoms with Crippen molar-refractivity contribution in [3.05, 3.63) is 49.2 Å². The van der Waals surface area contributed by atoms with Crippen LogP contribution < -0.4 is 5.56 Å². The van der Waals surface area contributed by atoms with Gasteiger partial charge in [-0.05, 0) is 47.6 Å². The second-order valence-electron chi connectivity index (χ2n) is 4.39. The lowest BCUT2D eigenvalue weighted by Gasteiger charge is -2.07. The van der Waals surface area contributed by atoms with Crippen molar-refractivity contribution in [1.82, 2.24) is 9.97 Å². The number of aryl methyl sites for hydroxylation is 2. The van der Waals surface area contributed by atoms with Crippen molar-refractivity contribution in [3.63, 3.8) is 0 Å². The number of H-pyrrole nitrogens is 1. The van der Waals surface area contributed by atoms with E-state index in [1.54, 1.807) is 19.1 Å². The molecule has 5 heteroatoms. The molecule has 0 fully saturated rings. The molecule has 0 aliphatic rings. The zero-order valence-corrected chi connectivity index (χ0v) is 12.9. The van der Waals surface area contributed by atoms with Gasteiger partial charge in [-0.2, -0.15) is 0 Å². The molecule has 0 aliphatic heterocycles. The Morgan fingerprint density at radius 3 is 2.79 bits per heavy atom. The average molecular weight is 372 g/mol. The number of nitrogens with one attached hydrogen (secondary N) is 1. The number of benzene rings is 1. The molecule has 1 aromatic heterocycles. The number of rotatable bonds is 3. The van der Waals surface area contributed by atoms with Gasteiger partial charge in [-0.3, -0.25) is 4.79 Å². The lowest BCUT2D eigenvalue weighted by atomic mass is 10.1. The lowest BCUT2D eigenvalue weighted by Crippen LogP contribution is -2.16. The Hall–Kier alpha value is -1.24. The van der Waals surface area contributed by atoms with Crippen LogP contribution in [-0.2, 0) is 6.42 Å². The van der Waals surface area contributed by atoms with Crippen LogP contribution in [0, 0.1) is 16.3 Å². The van der Waals surface area contributed by atoms with Crippen LogP contribution >= 0.6 is 22.6 Å². The van der Waals surface area contributed by atoms with Crippen LogP contribution in [0.5, 0.6) is 0 Å². The molecule has 0 bridgehead atoms. The molecule has 0 amide bonds. The van der Waals surface area contributed by atoms with E-state index in [1.165, 1.54) is 6.07 Å². The maximum Gasteiger partial charge on any atom is 0.264 e. The Morgan fingerprint density at radius 1 is 1.42 bits per heavy atom. The van der Waals surface area contributed by atoms with Gasteiger partial charge >= 0.3 is 0 Å². The van der Waals surface area contributed by atoms with E-state index in [-0.39, 0.29) is 11.4 Å². The van der Waals surface area contributed by atoms with Crippen molar-refractivity contribution < 1.29 is 4.39 Å². The van der Waals surface area contributed by atoms with Gasteiger partial charge in [0.05, 0.1) is 9.26 Å². The van der Waals surface area contributed by atoms with E-state index in [0.29, 0.717) is 20.5 Å². The fourth-order valence-electron chi connectivity index (χ4n) is 1.78. The quantitative estimate of drug-likeness (QED) is 0.840. The molecule has 19 heavy (non-hydrogen) atoms. The Balaban J connectivity index is 2.56. The summed E-state index contributed by atoms with van der Waals surface area (Å²) in [5.74, 6) is 0.128. The summed E-state index contributed by atoms with van der Waals surface area (Å²) in [7, 11) is 0. The minimum atomic E-state index is -0.296. The molecule has 2 rings (SSSR count). The second kappa shape index (κ2) is 5.81. The topological polar surface area (TPSA) is 45.8 Å². The Labute approximate surface area is 124 Å². The molecule has 1 N–H and O–H groups in total. The molecule has 0 aliphatic carbocycles. The lowest BCUT2D eigenvalue weighted by molar-refractivity contribution is 0.619. The fraction of sp³-hybridized carbons (Fsp3) is 0.286. The van der Waals surface area contributed by atoms with Crippen molar-refractivity contribution >= 4 is 22.6 Å². The largest absolute Gasteiger partial charge is 0.306 e. The number of hydrogen-bond donors (Lipinski definition) is 1. The molecule has 3 nitrogen and oxygen atoms in total. The van der Waals surface area contributed by atoms with Gasteiger partial charge in [-0.1, -0.05) is 25.5 Å². The molecule has 0 saturated heterocycles. The Morgan fingerprint density at radius 2 is 2.16 bits per heavy atom. The third kappa shape index (κ3) is 3.02. The van der Waals surface area contributed by atoms with Crippen LogP contribution in [0.25, 0.3) is 11.4 Å². The fourth-order valence-corrected chi connectivity index (χ4v) is 2.31. The third-order valence-corrected chi connectivity index (χ3v) is 3.98. The highest BCUT2D eigenvalue weighted by atomic mass is 127. The maximum absolute atomic E-state index is 13.6. The van der Waals surface area contributed by atoms with Crippen molar-refractivity contribution in [2.75, 3.05) is 0 Å². The summed E-state index contributed by atoms with van der Waals surface area (Å²) in [6, 6.07) is 4.84. The minimum absolute atomic E-state index is 0.171. The normalized spacial score (nSPS) is 10.7. The monoisotopic (exact) mass is 372 g/mol. The predicted octanol–water partition coefficient (Wildman–Crippen LogP) is 3.44. The van der Waals surface area contributed by atoms with Gasteiger partial charge in [0, 0.05) is 5.56 Å². The summed E-state index contributed by atoms with van der Waals surface area (Å²) in [6.07, 6.45) is 1.65. The van der Waals surface area contributed by atoms with E-state index >= 15 is 0 Å². The third-order valence-electron chi connectivity index (χ3n) is 2.86. The van der Waals surface area contributed by atoms with Gasteiger partial charge in [-0.15, -0.1) is 0 Å². The van der Waals surface area contributed by atoms with E-state index in [4.69, 9.17) is 0 Å². The first-order valence-electron chi connectivity index (χ1n) is 6.08. The van der Waals surface area contributed by atoms with Gasteiger partial charge in [-0.25, -0.2) is 9.37 Å². The van der Waals surface area contributed by atoms with Gasteiger partial charge < -0.3 is 4.98 Å². The van der Waals surface area contributed by atoms with Crippen molar-refractivity contribution in [2.45, 2.75) is 26.7 Å². The molecule has 2 aromatic rings. The number of hydrogen-bond acceptors (Lipinski definition) is 2. The minimum Gasteiger partial charge on any atom is -0.306 e. The zero-order valence-electron chi connectivity index (χ0n) is 10.8. The molecule has 100 valence electrons. The van der Waals surface area contributed by atoms with Crippen LogP contribution in [-0.4, -0.2) is 9.97 Å². The molecule has 0 spiro atoms. The first-order chi connectivity index (χ1) is 9.02. The van der Waals surface area contributed by atoms with Crippen LogP contribution in [0.2, 0.25) is 0 Å². The predicted molar refractivity (Wildman–Crippen MR) is 81.7 cm³/mol. The van der Waals surface area contributed by atoms with Crippen LogP contribution in [0.1, 0.15) is 24.6 Å². The molecule has 0 radical (unpaired) electrons. The molecular formula is C14H14FIN2O. The Bertz CT molecular complexity index is 667. The molecule has 0 saturated carbocycles. The summed E-state index contributed by atoms with van der Waals surface area (Å²) in [5, 5.41) is 0. The van der Waals surface area contributed by atoms with Crippen LogP contribution in [0.15, 0.2) is 23.0 Å². The van der Waals surface area contributed by atoms with E-state index < -0.39 is 0 Å². The molecule has 0 atom stereocenters. The van der Waals surface area contributed by atoms with Crippen molar-refractivity contribution in [2.24, 2.45) is 0 Å². The molecule has 0 unspecified atom stereocenters. The second-order valence-corrected chi connectivity index (χ2v) is 5.47. The van der Waals surface area contributed by atoms with E-state index in [0.717, 1.165) is 18.5 Å². The van der Waals surface area contributed by atoms with Gasteiger partial charge in [0.25, 0.3) is 5.56 Å².